The molecule has 0 aromatic carbocycles. The van der Waals surface area contributed by atoms with Crippen molar-refractivity contribution < 1.29 is 18.0 Å². The van der Waals surface area contributed by atoms with Gasteiger partial charge in [-0.05, 0) is 6.08 Å². The average molecular weight is 213 g/mol. The maximum Gasteiger partial charge on any atom is 0.417 e. The zero-order chi connectivity index (χ0) is 9.85. The summed E-state index contributed by atoms with van der Waals surface area (Å²) in [5.74, 6) is 0. The molecule has 1 saturated heterocycles. The number of nitrogens with one attached hydrogen (secondary N) is 2. The minimum absolute atomic E-state index is 0.00988. The van der Waals surface area contributed by atoms with Crippen molar-refractivity contribution in [1.82, 2.24) is 10.6 Å². The zero-order valence-electron chi connectivity index (χ0n) is 6.07. The van der Waals surface area contributed by atoms with E-state index in [0.717, 1.165) is 6.08 Å². The van der Waals surface area contributed by atoms with Gasteiger partial charge in [-0.3, -0.25) is 0 Å². The predicted molar refractivity (Wildman–Crippen MR) is 38.2 cm³/mol. The summed E-state index contributed by atoms with van der Waals surface area (Å²) in [6.45, 7) is 0. The Morgan fingerprint density at radius 3 is 2.54 bits per heavy atom. The Kier molecular flexibility index (Phi) is 1.41. The minimum atomic E-state index is -4.52. The number of rotatable bonds is 0. The highest BCUT2D eigenvalue weighted by atomic mass is 35.5. The molecule has 1 aliphatic carbocycles. The second-order valence-corrected chi connectivity index (χ2v) is 3.36. The fourth-order valence-electron chi connectivity index (χ4n) is 1.47. The van der Waals surface area contributed by atoms with Crippen molar-refractivity contribution in [3.8, 4) is 0 Å². The molecule has 7 heteroatoms. The third-order valence-electron chi connectivity index (χ3n) is 2.16. The summed E-state index contributed by atoms with van der Waals surface area (Å²) in [5, 5.41) is 3.89. The van der Waals surface area contributed by atoms with E-state index in [-0.39, 0.29) is 5.03 Å². The molecule has 2 aliphatic rings. The van der Waals surface area contributed by atoms with Crippen molar-refractivity contribution in [1.29, 1.82) is 0 Å². The Morgan fingerprint density at radius 1 is 1.54 bits per heavy atom. The maximum absolute atomic E-state index is 12.4. The monoisotopic (exact) mass is 212 g/mol. The Morgan fingerprint density at radius 2 is 2.15 bits per heavy atom. The van der Waals surface area contributed by atoms with Crippen LogP contribution in [0.2, 0.25) is 0 Å². The number of halogens is 4. The first-order chi connectivity index (χ1) is 5.87. The minimum Gasteiger partial charge on any atom is -0.327 e. The summed E-state index contributed by atoms with van der Waals surface area (Å²) < 4.78 is 37.3. The maximum atomic E-state index is 12.4. The predicted octanol–water partition coefficient (Wildman–Crippen LogP) is 1.11. The molecule has 2 rings (SSSR count). The van der Waals surface area contributed by atoms with E-state index < -0.39 is 23.8 Å². The van der Waals surface area contributed by atoms with Crippen LogP contribution in [0.3, 0.4) is 0 Å². The van der Waals surface area contributed by atoms with Gasteiger partial charge >= 0.3 is 12.2 Å². The Hall–Kier alpha value is -0.910. The lowest BCUT2D eigenvalue weighted by Crippen LogP contribution is -2.64. The van der Waals surface area contributed by atoms with Crippen molar-refractivity contribution in [3.05, 3.63) is 11.1 Å². The van der Waals surface area contributed by atoms with Crippen LogP contribution in [0, 0.1) is 0 Å². The summed E-state index contributed by atoms with van der Waals surface area (Å²) in [4.78, 5) is 10.7. The SMILES string of the molecule is O=C1NC2C(Cl)=CC2(C(F)(F)F)N1. The van der Waals surface area contributed by atoms with Crippen molar-refractivity contribution in [2.45, 2.75) is 17.8 Å². The number of amides is 2. The van der Waals surface area contributed by atoms with Gasteiger partial charge in [0.1, 0.15) is 6.04 Å². The molecule has 2 atom stereocenters. The number of carbonyl (C=O) groups excluding carboxylic acids is 1. The number of fused-ring (bicyclic) bond motifs is 1. The molecule has 2 N–H and O–H groups in total. The molecule has 0 aromatic heterocycles. The lowest BCUT2D eigenvalue weighted by molar-refractivity contribution is -0.182. The molecule has 2 unspecified atom stereocenters. The van der Waals surface area contributed by atoms with Crippen LogP contribution in [-0.2, 0) is 0 Å². The van der Waals surface area contributed by atoms with E-state index >= 15 is 0 Å². The van der Waals surface area contributed by atoms with E-state index in [0.29, 0.717) is 0 Å². The van der Waals surface area contributed by atoms with Crippen LogP contribution in [0.1, 0.15) is 0 Å². The Bertz CT molecular complexity index is 313. The normalized spacial score (nSPS) is 37.1. The summed E-state index contributed by atoms with van der Waals surface area (Å²) in [6, 6.07) is -2.02. The molecular formula is C6H4ClF3N2O. The van der Waals surface area contributed by atoms with Crippen molar-refractivity contribution in [2.75, 3.05) is 0 Å². The third-order valence-corrected chi connectivity index (χ3v) is 2.49. The average Bonchev–Trinajstić information content (AvgIpc) is 2.22. The molecule has 0 aromatic rings. The first-order valence-corrected chi connectivity index (χ1v) is 3.78. The second-order valence-electron chi connectivity index (χ2n) is 2.93. The van der Waals surface area contributed by atoms with Crippen molar-refractivity contribution in [3.63, 3.8) is 0 Å². The highest BCUT2D eigenvalue weighted by Crippen LogP contribution is 2.47. The van der Waals surface area contributed by atoms with Crippen LogP contribution in [0.4, 0.5) is 18.0 Å². The van der Waals surface area contributed by atoms with E-state index in [9.17, 15) is 18.0 Å². The summed E-state index contributed by atoms with van der Waals surface area (Å²) in [6.07, 6.45) is -3.72. The van der Waals surface area contributed by atoms with Gasteiger partial charge in [-0.25, -0.2) is 4.79 Å². The molecule has 0 radical (unpaired) electrons. The Labute approximate surface area is 75.9 Å². The zero-order valence-corrected chi connectivity index (χ0v) is 6.83. The van der Waals surface area contributed by atoms with Gasteiger partial charge in [0.15, 0.2) is 5.54 Å². The van der Waals surface area contributed by atoms with Crippen molar-refractivity contribution >= 4 is 17.6 Å². The first-order valence-electron chi connectivity index (χ1n) is 3.40. The topological polar surface area (TPSA) is 41.1 Å². The standard InChI is InChI=1S/C6H4ClF3N2O/c7-2-1-5(6(8,9)10)3(2)11-4(13)12-5/h1,3H,(H2,11,12,13). The number of urea groups is 1. The summed E-state index contributed by atoms with van der Waals surface area (Å²) in [7, 11) is 0. The van der Waals surface area contributed by atoms with Gasteiger partial charge in [0.2, 0.25) is 0 Å². The third kappa shape index (κ3) is 0.890. The van der Waals surface area contributed by atoms with E-state index in [1.807, 2.05) is 0 Å². The smallest absolute Gasteiger partial charge is 0.327 e. The molecule has 1 fully saturated rings. The molecule has 0 bridgehead atoms. The van der Waals surface area contributed by atoms with E-state index in [4.69, 9.17) is 11.6 Å². The van der Waals surface area contributed by atoms with Gasteiger partial charge in [-0.1, -0.05) is 11.6 Å². The number of alkyl halides is 3. The summed E-state index contributed by atoms with van der Waals surface area (Å²) in [5.41, 5.74) is -2.29. The van der Waals surface area contributed by atoms with Gasteiger partial charge in [-0.2, -0.15) is 13.2 Å². The van der Waals surface area contributed by atoms with Crippen LogP contribution >= 0.6 is 11.6 Å². The molecule has 1 aliphatic heterocycles. The largest absolute Gasteiger partial charge is 0.417 e. The quantitative estimate of drug-likeness (QED) is 0.621. The summed E-state index contributed by atoms with van der Waals surface area (Å²) >= 11 is 5.42. The molecule has 0 saturated carbocycles. The molecule has 1 heterocycles. The van der Waals surface area contributed by atoms with Crippen LogP contribution in [-0.4, -0.2) is 23.8 Å². The fraction of sp³-hybridized carbons (Fsp3) is 0.500. The van der Waals surface area contributed by atoms with Gasteiger partial charge < -0.3 is 10.6 Å². The lowest BCUT2D eigenvalue weighted by Gasteiger charge is -2.39. The van der Waals surface area contributed by atoms with E-state index in [1.54, 1.807) is 5.32 Å². The van der Waals surface area contributed by atoms with E-state index in [1.165, 1.54) is 0 Å². The lowest BCUT2D eigenvalue weighted by atomic mass is 9.80. The van der Waals surface area contributed by atoms with Gasteiger partial charge in [-0.15, -0.1) is 0 Å². The van der Waals surface area contributed by atoms with Crippen LogP contribution < -0.4 is 10.6 Å². The van der Waals surface area contributed by atoms with E-state index in [2.05, 4.69) is 5.32 Å². The Balaban J connectivity index is 2.39. The molecule has 2 amide bonds. The van der Waals surface area contributed by atoms with Gasteiger partial charge in [0, 0.05) is 5.03 Å². The molecule has 13 heavy (non-hydrogen) atoms. The van der Waals surface area contributed by atoms with Crippen LogP contribution in [0.15, 0.2) is 11.1 Å². The highest BCUT2D eigenvalue weighted by molar-refractivity contribution is 6.32. The van der Waals surface area contributed by atoms with Gasteiger partial charge in [0.25, 0.3) is 0 Å². The first kappa shape index (κ1) is 8.68. The number of carbonyl (C=O) groups is 1. The van der Waals surface area contributed by atoms with Gasteiger partial charge in [0.05, 0.1) is 0 Å². The number of hydrogen-bond donors (Lipinski definition) is 2. The highest BCUT2D eigenvalue weighted by Gasteiger charge is 2.68. The fourth-order valence-corrected chi connectivity index (χ4v) is 1.87. The number of hydrogen-bond acceptors (Lipinski definition) is 1. The van der Waals surface area contributed by atoms with Crippen molar-refractivity contribution in [2.24, 2.45) is 0 Å². The molecule has 0 spiro atoms. The van der Waals surface area contributed by atoms with Crippen LogP contribution in [0.5, 0.6) is 0 Å². The second kappa shape index (κ2) is 2.12. The molecular weight excluding hydrogens is 209 g/mol. The molecule has 72 valence electrons. The molecule has 3 nitrogen and oxygen atoms in total. The van der Waals surface area contributed by atoms with Crippen LogP contribution in [0.25, 0.3) is 0 Å².